The van der Waals surface area contributed by atoms with E-state index in [1.54, 1.807) is 7.11 Å². The standard InChI is InChI=1S/C32H30N6OS/c1-22-8-12-24(13-9-22)36-18-31(16-33)28(26-6-4-5-7-27(26)39-3)32(17-34,19-36)30(40)38-21-37(20-35-29(31)38)25-14-10-23(2)11-15-25/h4-15,28H,18-21H2,1-3H3/t28-,31+,32+/m0/s1. The number of piperidine rings is 2. The molecule has 3 aliphatic heterocycles. The molecule has 0 spiro atoms. The number of fused-ring (bicyclic) bond motifs is 4. The molecule has 0 N–H and O–H groups in total. The van der Waals surface area contributed by atoms with Crippen LogP contribution >= 0.6 is 12.2 Å². The maximum atomic E-state index is 11.2. The molecular weight excluding hydrogens is 516 g/mol. The van der Waals surface area contributed by atoms with Crippen LogP contribution in [0.2, 0.25) is 0 Å². The maximum absolute atomic E-state index is 11.2. The molecule has 7 nitrogen and oxygen atoms in total. The van der Waals surface area contributed by atoms with Gasteiger partial charge in [-0.05, 0) is 44.2 Å². The van der Waals surface area contributed by atoms with Gasteiger partial charge in [-0.25, -0.2) is 4.99 Å². The molecule has 3 aromatic carbocycles. The maximum Gasteiger partial charge on any atom is 0.141 e. The first-order valence-corrected chi connectivity index (χ1v) is 13.7. The normalized spacial score (nSPS) is 25.4. The van der Waals surface area contributed by atoms with E-state index in [0.717, 1.165) is 22.5 Å². The molecule has 200 valence electrons. The van der Waals surface area contributed by atoms with E-state index < -0.39 is 16.7 Å². The van der Waals surface area contributed by atoms with Gasteiger partial charge in [-0.15, -0.1) is 0 Å². The third kappa shape index (κ3) is 3.75. The molecule has 2 bridgehead atoms. The number of aryl methyl sites for hydroxylation is 2. The number of hydrogen-bond donors (Lipinski definition) is 0. The molecule has 8 heteroatoms. The highest BCUT2D eigenvalue weighted by atomic mass is 32.1. The summed E-state index contributed by atoms with van der Waals surface area (Å²) in [7, 11) is 1.62. The minimum atomic E-state index is -1.18. The zero-order chi connectivity index (χ0) is 28.1. The number of nitriles is 2. The average molecular weight is 547 g/mol. The number of anilines is 2. The Balaban J connectivity index is 1.56. The first kappa shape index (κ1) is 25.9. The highest BCUT2D eigenvalue weighted by Gasteiger charge is 2.68. The van der Waals surface area contributed by atoms with Crippen molar-refractivity contribution >= 4 is 34.4 Å². The minimum Gasteiger partial charge on any atom is -0.496 e. The third-order valence-corrected chi connectivity index (χ3v) is 9.08. The Morgan fingerprint density at radius 3 is 2.02 bits per heavy atom. The van der Waals surface area contributed by atoms with Gasteiger partial charge in [0, 0.05) is 35.9 Å². The van der Waals surface area contributed by atoms with Crippen molar-refractivity contribution in [2.75, 3.05) is 43.3 Å². The Kier molecular flexibility index (Phi) is 6.24. The summed E-state index contributed by atoms with van der Waals surface area (Å²) in [5.41, 5.74) is 2.78. The topological polar surface area (TPSA) is 78.9 Å². The fourth-order valence-corrected chi connectivity index (χ4v) is 6.92. The van der Waals surface area contributed by atoms with E-state index in [1.807, 2.05) is 48.2 Å². The molecule has 3 heterocycles. The minimum absolute atomic E-state index is 0.353. The highest BCUT2D eigenvalue weighted by molar-refractivity contribution is 7.80. The fraction of sp³-hybridized carbons (Fsp3) is 0.312. The van der Waals surface area contributed by atoms with E-state index in [0.29, 0.717) is 43.0 Å². The predicted octanol–water partition coefficient (Wildman–Crippen LogP) is 5.41. The number of para-hydroxylation sites is 1. The lowest BCUT2D eigenvalue weighted by atomic mass is 9.53. The largest absolute Gasteiger partial charge is 0.496 e. The zero-order valence-electron chi connectivity index (χ0n) is 22.8. The summed E-state index contributed by atoms with van der Waals surface area (Å²) in [6.07, 6.45) is 0. The molecule has 0 aromatic heterocycles. The number of amidine groups is 1. The Bertz CT molecular complexity index is 1590. The van der Waals surface area contributed by atoms with E-state index in [1.165, 1.54) is 5.56 Å². The molecule has 3 aliphatic rings. The lowest BCUT2D eigenvalue weighted by molar-refractivity contribution is 0.202. The van der Waals surface area contributed by atoms with E-state index in [2.05, 4.69) is 65.3 Å². The first-order chi connectivity index (χ1) is 19.4. The van der Waals surface area contributed by atoms with Crippen molar-refractivity contribution < 1.29 is 4.74 Å². The number of rotatable bonds is 4. The van der Waals surface area contributed by atoms with Crippen LogP contribution in [0, 0.1) is 47.3 Å². The second-order valence-electron chi connectivity index (χ2n) is 10.9. The Morgan fingerprint density at radius 2 is 1.43 bits per heavy atom. The van der Waals surface area contributed by atoms with Crippen LogP contribution in [-0.4, -0.2) is 49.3 Å². The third-order valence-electron chi connectivity index (χ3n) is 8.50. The molecule has 3 atom stereocenters. The Hall–Kier alpha value is -4.40. The van der Waals surface area contributed by atoms with Crippen molar-refractivity contribution in [1.82, 2.24) is 4.90 Å². The lowest BCUT2D eigenvalue weighted by Crippen LogP contribution is -2.73. The number of ether oxygens (including phenoxy) is 1. The van der Waals surface area contributed by atoms with Crippen LogP contribution in [0.4, 0.5) is 11.4 Å². The number of hydrogen-bond acceptors (Lipinski definition) is 7. The smallest absolute Gasteiger partial charge is 0.141 e. The van der Waals surface area contributed by atoms with Gasteiger partial charge < -0.3 is 19.4 Å². The summed E-state index contributed by atoms with van der Waals surface area (Å²) in [6, 6.07) is 29.5. The summed E-state index contributed by atoms with van der Waals surface area (Å²) in [5.74, 6) is 0.715. The van der Waals surface area contributed by atoms with Gasteiger partial charge in [0.05, 0.1) is 25.9 Å². The Labute approximate surface area is 240 Å². The molecule has 0 saturated carbocycles. The second-order valence-corrected chi connectivity index (χ2v) is 11.3. The van der Waals surface area contributed by atoms with E-state index in [4.69, 9.17) is 21.9 Å². The monoisotopic (exact) mass is 546 g/mol. The Morgan fingerprint density at radius 1 is 0.850 bits per heavy atom. The molecule has 40 heavy (non-hydrogen) atoms. The molecule has 2 saturated heterocycles. The van der Waals surface area contributed by atoms with Crippen molar-refractivity contribution in [3.05, 3.63) is 89.5 Å². The molecular formula is C32H30N6OS. The number of thiocarbonyl (C=S) groups is 1. The molecule has 3 aromatic rings. The zero-order valence-corrected chi connectivity index (χ0v) is 23.7. The van der Waals surface area contributed by atoms with Crippen LogP contribution in [0.3, 0.4) is 0 Å². The number of methoxy groups -OCH3 is 1. The van der Waals surface area contributed by atoms with Gasteiger partial charge >= 0.3 is 0 Å². The van der Waals surface area contributed by atoms with Crippen LogP contribution in [0.5, 0.6) is 5.75 Å². The molecule has 0 radical (unpaired) electrons. The van der Waals surface area contributed by atoms with Gasteiger partial charge in [0.15, 0.2) is 0 Å². The van der Waals surface area contributed by atoms with Crippen molar-refractivity contribution in [3.8, 4) is 17.9 Å². The number of benzene rings is 3. The van der Waals surface area contributed by atoms with Gasteiger partial charge in [0.2, 0.25) is 0 Å². The number of aliphatic imine (C=N–C) groups is 1. The van der Waals surface area contributed by atoms with E-state index in [-0.39, 0.29) is 0 Å². The van der Waals surface area contributed by atoms with Crippen molar-refractivity contribution in [2.45, 2.75) is 19.8 Å². The van der Waals surface area contributed by atoms with E-state index in [9.17, 15) is 10.5 Å². The fourth-order valence-electron chi connectivity index (χ4n) is 6.55. The molecule has 0 unspecified atom stereocenters. The number of nitrogens with zero attached hydrogens (tertiary/aromatic N) is 6. The summed E-state index contributed by atoms with van der Waals surface area (Å²) in [6.45, 7) is 5.65. The first-order valence-electron chi connectivity index (χ1n) is 13.3. The molecule has 6 rings (SSSR count). The van der Waals surface area contributed by atoms with Gasteiger partial charge in [0.1, 0.15) is 34.1 Å². The van der Waals surface area contributed by atoms with Crippen LogP contribution in [0.1, 0.15) is 22.6 Å². The van der Waals surface area contributed by atoms with Crippen LogP contribution < -0.4 is 14.5 Å². The van der Waals surface area contributed by atoms with Crippen molar-refractivity contribution in [3.63, 3.8) is 0 Å². The highest BCUT2D eigenvalue weighted by Crippen LogP contribution is 2.60. The van der Waals surface area contributed by atoms with Gasteiger partial charge in [-0.2, -0.15) is 10.5 Å². The van der Waals surface area contributed by atoms with Gasteiger partial charge in [-0.1, -0.05) is 65.8 Å². The average Bonchev–Trinajstić information content (AvgIpc) is 3.00. The van der Waals surface area contributed by atoms with Crippen molar-refractivity contribution in [2.24, 2.45) is 15.8 Å². The van der Waals surface area contributed by atoms with Crippen molar-refractivity contribution in [1.29, 1.82) is 10.5 Å². The van der Waals surface area contributed by atoms with Gasteiger partial charge in [0.25, 0.3) is 0 Å². The SMILES string of the molecule is COc1ccccc1[C@@H]1[C@@]2(C#N)CN(c3ccc(C)cc3)C[C@@]1(C#N)C1=NCN(c3ccc(C)cc3)CN1C2=S. The van der Waals surface area contributed by atoms with Crippen LogP contribution in [-0.2, 0) is 0 Å². The lowest BCUT2D eigenvalue weighted by Gasteiger charge is -2.61. The predicted molar refractivity (Wildman–Crippen MR) is 160 cm³/mol. The molecule has 2 fully saturated rings. The quantitative estimate of drug-likeness (QED) is 0.405. The summed E-state index contributed by atoms with van der Waals surface area (Å²) >= 11 is 6.24. The molecule has 0 amide bonds. The summed E-state index contributed by atoms with van der Waals surface area (Å²) < 4.78 is 5.79. The molecule has 0 aliphatic carbocycles. The summed E-state index contributed by atoms with van der Waals surface area (Å²) in [5, 5.41) is 22.2. The van der Waals surface area contributed by atoms with Crippen LogP contribution in [0.15, 0.2) is 77.8 Å². The van der Waals surface area contributed by atoms with Crippen LogP contribution in [0.25, 0.3) is 0 Å². The summed E-state index contributed by atoms with van der Waals surface area (Å²) in [4.78, 5) is 11.8. The van der Waals surface area contributed by atoms with E-state index >= 15 is 0 Å². The van der Waals surface area contributed by atoms with Gasteiger partial charge in [-0.3, -0.25) is 0 Å². The second kappa shape index (κ2) is 9.66.